The van der Waals surface area contributed by atoms with Crippen LogP contribution in [0.1, 0.15) is 18.1 Å². The minimum Gasteiger partial charge on any atom is -0.467 e. The number of benzene rings is 1. The lowest BCUT2D eigenvalue weighted by Gasteiger charge is -2.35. The van der Waals surface area contributed by atoms with E-state index in [1.54, 1.807) is 15.8 Å². The predicted octanol–water partition coefficient (Wildman–Crippen LogP) is 1.90. The number of piperazine rings is 1. The molecule has 1 aromatic heterocycles. The minimum absolute atomic E-state index is 0. The number of fused-ring (bicyclic) bond motifs is 1. The van der Waals surface area contributed by atoms with Crippen molar-refractivity contribution in [3.63, 3.8) is 0 Å². The van der Waals surface area contributed by atoms with Gasteiger partial charge in [-0.25, -0.2) is 4.39 Å². The summed E-state index contributed by atoms with van der Waals surface area (Å²) in [4.78, 5) is 21.1. The van der Waals surface area contributed by atoms with Gasteiger partial charge in [-0.1, -0.05) is 0 Å². The van der Waals surface area contributed by atoms with E-state index in [1.165, 1.54) is 12.1 Å². The van der Waals surface area contributed by atoms with Crippen molar-refractivity contribution in [2.75, 3.05) is 44.4 Å². The summed E-state index contributed by atoms with van der Waals surface area (Å²) in [5, 5.41) is 7.40. The molecule has 0 unspecified atom stereocenters. The Morgan fingerprint density at radius 1 is 1.34 bits per heavy atom. The first kappa shape index (κ1) is 24.2. The number of aliphatic imine (C=N–C) groups is 1. The monoisotopic (exact) mass is 558 g/mol. The molecular formula is C21H28FIN6O3. The van der Waals surface area contributed by atoms with Gasteiger partial charge in [-0.3, -0.25) is 14.5 Å². The van der Waals surface area contributed by atoms with E-state index in [2.05, 4.69) is 15.4 Å². The van der Waals surface area contributed by atoms with Gasteiger partial charge in [0.25, 0.3) is 0 Å². The van der Waals surface area contributed by atoms with Crippen LogP contribution >= 0.6 is 24.0 Å². The maximum atomic E-state index is 14.0. The summed E-state index contributed by atoms with van der Waals surface area (Å²) >= 11 is 0. The van der Waals surface area contributed by atoms with Gasteiger partial charge in [0.15, 0.2) is 12.8 Å². The molecule has 0 bridgehead atoms. The number of aryl methyl sites for hydroxylation is 1. The highest BCUT2D eigenvalue weighted by Crippen LogP contribution is 2.29. The topological polar surface area (TPSA) is 84.2 Å². The standard InChI is InChI=1S/C21H27FN6O3.HI/c1-3-23-21(27-6-7-28(19(29)12-27)18-10-25-26(2)11-18)24-5-4-15-8-17(22)9-16-13-30-14-31-20(15)16;/h8-11H,3-7,12-14H2,1-2H3,(H,23,24);1H. The van der Waals surface area contributed by atoms with E-state index < -0.39 is 0 Å². The molecule has 0 spiro atoms. The first-order valence-electron chi connectivity index (χ1n) is 10.4. The van der Waals surface area contributed by atoms with Gasteiger partial charge in [-0.2, -0.15) is 5.10 Å². The number of carbonyl (C=O) groups excluding carboxylic acids is 1. The number of nitrogens with zero attached hydrogens (tertiary/aromatic N) is 5. The second-order valence-electron chi connectivity index (χ2n) is 7.49. The fourth-order valence-electron chi connectivity index (χ4n) is 3.83. The zero-order chi connectivity index (χ0) is 21.8. The number of anilines is 1. The second kappa shape index (κ2) is 10.9. The van der Waals surface area contributed by atoms with Gasteiger partial charge in [0.05, 0.1) is 18.5 Å². The van der Waals surface area contributed by atoms with Crippen LogP contribution in [-0.2, 0) is 29.6 Å². The maximum absolute atomic E-state index is 14.0. The highest BCUT2D eigenvalue weighted by atomic mass is 127. The van der Waals surface area contributed by atoms with Gasteiger partial charge in [0.2, 0.25) is 5.91 Å². The van der Waals surface area contributed by atoms with E-state index in [0.717, 1.165) is 11.3 Å². The van der Waals surface area contributed by atoms with Crippen LogP contribution in [0.5, 0.6) is 5.75 Å². The number of aromatic nitrogens is 2. The van der Waals surface area contributed by atoms with Crippen LogP contribution in [0.15, 0.2) is 29.5 Å². The zero-order valence-corrected chi connectivity index (χ0v) is 20.5. The van der Waals surface area contributed by atoms with Crippen molar-refractivity contribution in [2.45, 2.75) is 20.0 Å². The van der Waals surface area contributed by atoms with Crippen molar-refractivity contribution in [1.82, 2.24) is 20.0 Å². The Labute approximate surface area is 203 Å². The molecule has 3 heterocycles. The van der Waals surface area contributed by atoms with E-state index in [1.807, 2.05) is 25.1 Å². The van der Waals surface area contributed by atoms with Crippen LogP contribution in [0.25, 0.3) is 0 Å². The number of guanidine groups is 1. The van der Waals surface area contributed by atoms with Crippen LogP contribution in [0, 0.1) is 5.82 Å². The van der Waals surface area contributed by atoms with E-state index in [-0.39, 0.29) is 49.0 Å². The number of hydrogen-bond donors (Lipinski definition) is 1. The Kier molecular flexibility index (Phi) is 8.29. The fraction of sp³-hybridized carbons (Fsp3) is 0.476. The number of halogens is 2. The SMILES string of the molecule is CCNC(=NCCc1cc(F)cc2c1OCOC2)N1CCN(c2cnn(C)c2)C(=O)C1.I. The third-order valence-corrected chi connectivity index (χ3v) is 5.25. The van der Waals surface area contributed by atoms with Gasteiger partial charge in [0.1, 0.15) is 18.1 Å². The first-order valence-corrected chi connectivity index (χ1v) is 10.4. The number of ether oxygens (including phenoxy) is 2. The highest BCUT2D eigenvalue weighted by molar-refractivity contribution is 14.0. The Bertz CT molecular complexity index is 982. The predicted molar refractivity (Wildman–Crippen MR) is 129 cm³/mol. The van der Waals surface area contributed by atoms with Crippen LogP contribution in [-0.4, -0.2) is 66.1 Å². The molecule has 2 aliphatic heterocycles. The largest absolute Gasteiger partial charge is 0.467 e. The third kappa shape index (κ3) is 5.49. The summed E-state index contributed by atoms with van der Waals surface area (Å²) in [5.74, 6) is 1.05. The summed E-state index contributed by atoms with van der Waals surface area (Å²) < 4.78 is 26.5. The van der Waals surface area contributed by atoms with Gasteiger partial charge >= 0.3 is 0 Å². The van der Waals surface area contributed by atoms with Crippen LogP contribution in [0.4, 0.5) is 10.1 Å². The zero-order valence-electron chi connectivity index (χ0n) is 18.2. The number of amides is 1. The van der Waals surface area contributed by atoms with Crippen molar-refractivity contribution in [2.24, 2.45) is 12.0 Å². The molecule has 1 aromatic carbocycles. The molecule has 0 aliphatic carbocycles. The number of carbonyl (C=O) groups is 1. The maximum Gasteiger partial charge on any atom is 0.246 e. The first-order chi connectivity index (χ1) is 15.0. The van der Waals surface area contributed by atoms with E-state index in [9.17, 15) is 9.18 Å². The van der Waals surface area contributed by atoms with E-state index in [4.69, 9.17) is 9.47 Å². The summed E-state index contributed by atoms with van der Waals surface area (Å²) in [6, 6.07) is 2.93. The molecule has 1 N–H and O–H groups in total. The molecule has 9 nitrogen and oxygen atoms in total. The Morgan fingerprint density at radius 2 is 2.19 bits per heavy atom. The highest BCUT2D eigenvalue weighted by Gasteiger charge is 2.27. The van der Waals surface area contributed by atoms with Gasteiger partial charge in [-0.05, 0) is 31.0 Å². The average Bonchev–Trinajstić information content (AvgIpc) is 3.18. The Hall–Kier alpha value is -2.41. The lowest BCUT2D eigenvalue weighted by molar-refractivity contribution is -0.120. The summed E-state index contributed by atoms with van der Waals surface area (Å²) in [6.45, 7) is 5.07. The lowest BCUT2D eigenvalue weighted by atomic mass is 10.1. The summed E-state index contributed by atoms with van der Waals surface area (Å²) in [7, 11) is 1.83. The molecule has 1 amide bonds. The molecule has 1 fully saturated rings. The molecule has 2 aliphatic rings. The lowest BCUT2D eigenvalue weighted by Crippen LogP contribution is -2.55. The van der Waals surface area contributed by atoms with Crippen molar-refractivity contribution < 1.29 is 18.7 Å². The smallest absolute Gasteiger partial charge is 0.246 e. The molecule has 0 saturated carbocycles. The van der Waals surface area contributed by atoms with E-state index >= 15 is 0 Å². The average molecular weight is 558 g/mol. The van der Waals surface area contributed by atoms with Crippen LogP contribution < -0.4 is 15.0 Å². The fourth-order valence-corrected chi connectivity index (χ4v) is 3.83. The number of hydrogen-bond acceptors (Lipinski definition) is 5. The molecule has 32 heavy (non-hydrogen) atoms. The molecule has 4 rings (SSSR count). The van der Waals surface area contributed by atoms with Crippen molar-refractivity contribution >= 4 is 41.5 Å². The van der Waals surface area contributed by atoms with Crippen molar-refractivity contribution in [1.29, 1.82) is 0 Å². The molecule has 2 aromatic rings. The van der Waals surface area contributed by atoms with E-state index in [0.29, 0.717) is 56.5 Å². The quantitative estimate of drug-likeness (QED) is 0.343. The van der Waals surface area contributed by atoms with Crippen molar-refractivity contribution in [3.05, 3.63) is 41.5 Å². The summed E-state index contributed by atoms with van der Waals surface area (Å²) in [6.07, 6.45) is 4.05. The Morgan fingerprint density at radius 3 is 2.91 bits per heavy atom. The molecule has 174 valence electrons. The second-order valence-corrected chi connectivity index (χ2v) is 7.49. The summed E-state index contributed by atoms with van der Waals surface area (Å²) in [5.41, 5.74) is 2.29. The third-order valence-electron chi connectivity index (χ3n) is 5.25. The van der Waals surface area contributed by atoms with Crippen molar-refractivity contribution in [3.8, 4) is 5.75 Å². The number of rotatable bonds is 5. The Balaban J connectivity index is 0.00000289. The normalized spacial score (nSPS) is 16.3. The minimum atomic E-state index is -0.309. The molecule has 0 radical (unpaired) electrons. The van der Waals surface area contributed by atoms with Gasteiger partial charge < -0.3 is 24.6 Å². The van der Waals surface area contributed by atoms with Crippen LogP contribution in [0.3, 0.4) is 0 Å². The molecule has 1 saturated heterocycles. The van der Waals surface area contributed by atoms with Gasteiger partial charge in [0, 0.05) is 45.0 Å². The number of nitrogens with one attached hydrogen (secondary N) is 1. The molecular weight excluding hydrogens is 530 g/mol. The molecule has 11 heteroatoms. The molecule has 0 atom stereocenters. The van der Waals surface area contributed by atoms with Gasteiger partial charge in [-0.15, -0.1) is 24.0 Å². The van der Waals surface area contributed by atoms with Crippen LogP contribution in [0.2, 0.25) is 0 Å².